The number of benzene rings is 2. The van der Waals surface area contributed by atoms with Crippen LogP contribution in [0.15, 0.2) is 54.9 Å². The van der Waals surface area contributed by atoms with Crippen molar-refractivity contribution in [3.05, 3.63) is 71.5 Å². The van der Waals surface area contributed by atoms with Crippen molar-refractivity contribution in [1.29, 1.82) is 5.26 Å². The molecule has 2 N–H and O–H groups in total. The third-order valence-corrected chi connectivity index (χ3v) is 4.40. The van der Waals surface area contributed by atoms with E-state index in [2.05, 4.69) is 16.4 Å². The molecular weight excluding hydrogens is 326 g/mol. The standard InChI is InChI=1S/C21H19N3O2/c1-21(2,20(25)26)24-19-9-10-23-13-16(19)11-14-7-8-15(12-22)18-6-4-3-5-17(14)18/h3-10,13H,11H2,1-2H3,(H,23,24)(H,25,26). The highest BCUT2D eigenvalue weighted by Gasteiger charge is 2.27. The summed E-state index contributed by atoms with van der Waals surface area (Å²) in [6.07, 6.45) is 3.96. The minimum absolute atomic E-state index is 0.581. The van der Waals surface area contributed by atoms with E-state index in [9.17, 15) is 15.2 Å². The Morgan fingerprint density at radius 2 is 1.88 bits per heavy atom. The minimum Gasteiger partial charge on any atom is -0.480 e. The first-order chi connectivity index (χ1) is 12.4. The smallest absolute Gasteiger partial charge is 0.328 e. The van der Waals surface area contributed by atoms with Gasteiger partial charge >= 0.3 is 5.97 Å². The number of fused-ring (bicyclic) bond motifs is 1. The van der Waals surface area contributed by atoms with Gasteiger partial charge in [0.1, 0.15) is 5.54 Å². The summed E-state index contributed by atoms with van der Waals surface area (Å²) in [6.45, 7) is 3.24. The number of hydrogen-bond acceptors (Lipinski definition) is 4. The van der Waals surface area contributed by atoms with E-state index in [0.29, 0.717) is 12.0 Å². The molecular formula is C21H19N3O2. The quantitative estimate of drug-likeness (QED) is 0.731. The van der Waals surface area contributed by atoms with Crippen LogP contribution in [0.1, 0.15) is 30.5 Å². The zero-order valence-corrected chi connectivity index (χ0v) is 14.7. The van der Waals surface area contributed by atoms with Crippen LogP contribution in [-0.4, -0.2) is 21.6 Å². The summed E-state index contributed by atoms with van der Waals surface area (Å²) in [5, 5.41) is 23.7. The molecule has 0 aliphatic heterocycles. The van der Waals surface area contributed by atoms with Crippen LogP contribution >= 0.6 is 0 Å². The normalized spacial score (nSPS) is 11.1. The first-order valence-electron chi connectivity index (χ1n) is 8.27. The number of carbonyl (C=O) groups is 1. The van der Waals surface area contributed by atoms with Crippen LogP contribution in [0.25, 0.3) is 10.8 Å². The van der Waals surface area contributed by atoms with Gasteiger partial charge in [0.15, 0.2) is 0 Å². The number of nitrogens with one attached hydrogen (secondary N) is 1. The maximum absolute atomic E-state index is 11.4. The summed E-state index contributed by atoms with van der Waals surface area (Å²) in [7, 11) is 0. The fourth-order valence-corrected chi connectivity index (χ4v) is 2.90. The predicted molar refractivity (Wildman–Crippen MR) is 101 cm³/mol. The van der Waals surface area contributed by atoms with Gasteiger partial charge in [-0.1, -0.05) is 30.3 Å². The molecule has 0 spiro atoms. The molecule has 3 aromatic rings. The average molecular weight is 345 g/mol. The molecule has 26 heavy (non-hydrogen) atoms. The molecule has 0 unspecified atom stereocenters. The SMILES string of the molecule is CC(C)(Nc1ccncc1Cc1ccc(C#N)c2ccccc12)C(=O)O. The lowest BCUT2D eigenvalue weighted by molar-refractivity contribution is -0.141. The number of aromatic nitrogens is 1. The van der Waals surface area contributed by atoms with Crippen LogP contribution in [0.2, 0.25) is 0 Å². The van der Waals surface area contributed by atoms with Crippen molar-refractivity contribution in [2.75, 3.05) is 5.32 Å². The molecule has 3 rings (SSSR count). The van der Waals surface area contributed by atoms with Gasteiger partial charge in [-0.3, -0.25) is 4.98 Å². The van der Waals surface area contributed by atoms with E-state index >= 15 is 0 Å². The average Bonchev–Trinajstić information content (AvgIpc) is 2.63. The lowest BCUT2D eigenvalue weighted by Gasteiger charge is -2.24. The summed E-state index contributed by atoms with van der Waals surface area (Å²) in [6, 6.07) is 15.6. The number of aliphatic carboxylic acids is 1. The molecule has 5 heteroatoms. The highest BCUT2D eigenvalue weighted by atomic mass is 16.4. The monoisotopic (exact) mass is 345 g/mol. The summed E-state index contributed by atoms with van der Waals surface area (Å²) >= 11 is 0. The molecule has 0 amide bonds. The van der Waals surface area contributed by atoms with Gasteiger partial charge in [0.25, 0.3) is 0 Å². The zero-order valence-electron chi connectivity index (χ0n) is 14.7. The molecule has 2 aromatic carbocycles. The molecule has 0 saturated carbocycles. The Bertz CT molecular complexity index is 1020. The Kier molecular flexibility index (Phi) is 4.59. The highest BCUT2D eigenvalue weighted by molar-refractivity contribution is 5.91. The fraction of sp³-hybridized carbons (Fsp3) is 0.190. The highest BCUT2D eigenvalue weighted by Crippen LogP contribution is 2.27. The topological polar surface area (TPSA) is 86.0 Å². The molecule has 0 saturated heterocycles. The molecule has 0 aliphatic carbocycles. The van der Waals surface area contributed by atoms with E-state index < -0.39 is 11.5 Å². The van der Waals surface area contributed by atoms with Gasteiger partial charge in [-0.2, -0.15) is 5.26 Å². The fourth-order valence-electron chi connectivity index (χ4n) is 2.90. The maximum atomic E-state index is 11.4. The van der Waals surface area contributed by atoms with Gasteiger partial charge in [-0.25, -0.2) is 4.79 Å². The molecule has 1 heterocycles. The lowest BCUT2D eigenvalue weighted by Crippen LogP contribution is -2.40. The Hall–Kier alpha value is -3.39. The second-order valence-corrected chi connectivity index (χ2v) is 6.69. The van der Waals surface area contributed by atoms with Crippen molar-refractivity contribution in [2.45, 2.75) is 25.8 Å². The van der Waals surface area contributed by atoms with Gasteiger partial charge in [0.05, 0.1) is 11.6 Å². The molecule has 0 bridgehead atoms. The van der Waals surface area contributed by atoms with Crippen LogP contribution in [0, 0.1) is 11.3 Å². The second kappa shape index (κ2) is 6.85. The number of pyridine rings is 1. The van der Waals surface area contributed by atoms with Crippen molar-refractivity contribution >= 4 is 22.4 Å². The van der Waals surface area contributed by atoms with Crippen molar-refractivity contribution in [3.8, 4) is 6.07 Å². The number of carboxylic acids is 1. The van der Waals surface area contributed by atoms with E-state index in [1.54, 1.807) is 32.3 Å². The number of nitriles is 1. The lowest BCUT2D eigenvalue weighted by atomic mass is 9.95. The molecule has 0 radical (unpaired) electrons. The minimum atomic E-state index is -1.09. The van der Waals surface area contributed by atoms with Gasteiger partial charge < -0.3 is 10.4 Å². The number of nitrogens with zero attached hydrogens (tertiary/aromatic N) is 2. The zero-order chi connectivity index (χ0) is 18.7. The second-order valence-electron chi connectivity index (χ2n) is 6.69. The third-order valence-electron chi connectivity index (χ3n) is 4.40. The predicted octanol–water partition coefficient (Wildman–Crippen LogP) is 3.97. The van der Waals surface area contributed by atoms with Crippen molar-refractivity contribution in [3.63, 3.8) is 0 Å². The molecule has 130 valence electrons. The molecule has 1 aromatic heterocycles. The number of anilines is 1. The summed E-state index contributed by atoms with van der Waals surface area (Å²) in [4.78, 5) is 15.6. The Balaban J connectivity index is 2.02. The van der Waals surface area contributed by atoms with E-state index in [4.69, 9.17) is 0 Å². The van der Waals surface area contributed by atoms with Gasteiger partial charge in [0.2, 0.25) is 0 Å². The maximum Gasteiger partial charge on any atom is 0.328 e. The first kappa shape index (κ1) is 17.4. The third kappa shape index (κ3) is 3.35. The van der Waals surface area contributed by atoms with Gasteiger partial charge in [0, 0.05) is 24.5 Å². The summed E-state index contributed by atoms with van der Waals surface area (Å²) in [5.41, 5.74) is 2.24. The van der Waals surface area contributed by atoms with E-state index in [1.165, 1.54) is 0 Å². The van der Waals surface area contributed by atoms with Crippen molar-refractivity contribution in [2.24, 2.45) is 0 Å². The van der Waals surface area contributed by atoms with Crippen LogP contribution in [0.5, 0.6) is 0 Å². The van der Waals surface area contributed by atoms with Crippen molar-refractivity contribution < 1.29 is 9.90 Å². The summed E-state index contributed by atoms with van der Waals surface area (Å²) < 4.78 is 0. The van der Waals surface area contributed by atoms with Crippen molar-refractivity contribution in [1.82, 2.24) is 4.98 Å². The molecule has 0 aliphatic rings. The molecule has 0 atom stereocenters. The molecule has 0 fully saturated rings. The van der Waals surface area contributed by atoms with Crippen LogP contribution in [0.3, 0.4) is 0 Å². The molecule has 5 nitrogen and oxygen atoms in total. The number of rotatable bonds is 5. The van der Waals surface area contributed by atoms with E-state index in [0.717, 1.165) is 27.6 Å². The van der Waals surface area contributed by atoms with Crippen LogP contribution in [0.4, 0.5) is 5.69 Å². The largest absolute Gasteiger partial charge is 0.480 e. The number of carboxylic acid groups (broad SMARTS) is 1. The summed E-state index contributed by atoms with van der Waals surface area (Å²) in [5.74, 6) is -0.927. The van der Waals surface area contributed by atoms with E-state index in [1.807, 2.05) is 36.4 Å². The van der Waals surface area contributed by atoms with Crippen LogP contribution in [-0.2, 0) is 11.2 Å². The number of hydrogen-bond donors (Lipinski definition) is 2. The Morgan fingerprint density at radius 1 is 1.15 bits per heavy atom. The first-order valence-corrected chi connectivity index (χ1v) is 8.27. The van der Waals surface area contributed by atoms with Crippen LogP contribution < -0.4 is 5.32 Å². The Labute approximate surface area is 151 Å². The Morgan fingerprint density at radius 3 is 2.58 bits per heavy atom. The van der Waals surface area contributed by atoms with Gasteiger partial charge in [-0.15, -0.1) is 0 Å². The van der Waals surface area contributed by atoms with E-state index in [-0.39, 0.29) is 0 Å². The van der Waals surface area contributed by atoms with Gasteiger partial charge in [-0.05, 0) is 47.9 Å².